The zero-order valence-electron chi connectivity index (χ0n) is 10.7. The molecule has 1 rings (SSSR count). The van der Waals surface area contributed by atoms with Crippen LogP contribution in [0, 0.1) is 0 Å². The average molecular weight is 222 g/mol. The largest absolute Gasteiger partial charge is 0.492 e. The Morgan fingerprint density at radius 3 is 2.56 bits per heavy atom. The molecule has 3 nitrogen and oxygen atoms in total. The van der Waals surface area contributed by atoms with Crippen molar-refractivity contribution in [3.63, 3.8) is 0 Å². The third kappa shape index (κ3) is 3.74. The second kappa shape index (κ2) is 5.75. The van der Waals surface area contributed by atoms with Gasteiger partial charge < -0.3 is 15.4 Å². The van der Waals surface area contributed by atoms with E-state index in [4.69, 9.17) is 10.5 Å². The Morgan fingerprint density at radius 2 is 2.00 bits per heavy atom. The van der Waals surface area contributed by atoms with E-state index >= 15 is 0 Å². The molecule has 0 aromatic heterocycles. The van der Waals surface area contributed by atoms with Crippen molar-refractivity contribution in [1.29, 1.82) is 0 Å². The van der Waals surface area contributed by atoms with Crippen LogP contribution in [0.4, 0.5) is 5.69 Å². The van der Waals surface area contributed by atoms with Gasteiger partial charge in [-0.1, -0.05) is 19.9 Å². The molecule has 0 saturated carbocycles. The fourth-order valence-electron chi connectivity index (χ4n) is 1.49. The molecule has 2 N–H and O–H groups in total. The zero-order valence-corrected chi connectivity index (χ0v) is 10.7. The second-order valence-corrected chi connectivity index (χ2v) is 4.60. The van der Waals surface area contributed by atoms with Crippen LogP contribution in [0.1, 0.15) is 25.3 Å². The molecule has 16 heavy (non-hydrogen) atoms. The Balaban J connectivity index is 2.72. The molecule has 0 aliphatic carbocycles. The summed E-state index contributed by atoms with van der Waals surface area (Å²) >= 11 is 0. The number of anilines is 1. The SMILES string of the molecule is CC(C)c1ccc(N)cc1OCCN(C)C. The van der Waals surface area contributed by atoms with Crippen molar-refractivity contribution < 1.29 is 4.74 Å². The topological polar surface area (TPSA) is 38.5 Å². The van der Waals surface area contributed by atoms with E-state index < -0.39 is 0 Å². The van der Waals surface area contributed by atoms with Gasteiger partial charge in [-0.3, -0.25) is 0 Å². The van der Waals surface area contributed by atoms with Crippen molar-refractivity contribution in [3.8, 4) is 5.75 Å². The highest BCUT2D eigenvalue weighted by Gasteiger charge is 2.08. The summed E-state index contributed by atoms with van der Waals surface area (Å²) < 4.78 is 5.77. The second-order valence-electron chi connectivity index (χ2n) is 4.60. The van der Waals surface area contributed by atoms with E-state index in [0.29, 0.717) is 12.5 Å². The lowest BCUT2D eigenvalue weighted by Crippen LogP contribution is -2.19. The van der Waals surface area contributed by atoms with Gasteiger partial charge in [-0.05, 0) is 31.6 Å². The van der Waals surface area contributed by atoms with Gasteiger partial charge in [0.25, 0.3) is 0 Å². The van der Waals surface area contributed by atoms with Gasteiger partial charge in [-0.15, -0.1) is 0 Å². The third-order valence-corrected chi connectivity index (χ3v) is 2.46. The molecule has 0 spiro atoms. The lowest BCUT2D eigenvalue weighted by atomic mass is 10.0. The first-order valence-electron chi connectivity index (χ1n) is 5.67. The van der Waals surface area contributed by atoms with E-state index in [1.807, 2.05) is 32.3 Å². The third-order valence-electron chi connectivity index (χ3n) is 2.46. The highest BCUT2D eigenvalue weighted by Crippen LogP contribution is 2.28. The minimum absolute atomic E-state index is 0.454. The summed E-state index contributed by atoms with van der Waals surface area (Å²) in [5.74, 6) is 1.37. The predicted octanol–water partition coefficient (Wildman–Crippen LogP) is 2.33. The molecule has 0 unspecified atom stereocenters. The number of ether oxygens (including phenoxy) is 1. The molecule has 0 atom stereocenters. The van der Waals surface area contributed by atoms with E-state index in [0.717, 1.165) is 18.0 Å². The van der Waals surface area contributed by atoms with Crippen LogP contribution in [-0.2, 0) is 0 Å². The van der Waals surface area contributed by atoms with Crippen LogP contribution in [-0.4, -0.2) is 32.1 Å². The molecule has 1 aromatic carbocycles. The molecule has 0 fully saturated rings. The van der Waals surface area contributed by atoms with Crippen LogP contribution < -0.4 is 10.5 Å². The summed E-state index contributed by atoms with van der Waals surface area (Å²) in [5, 5.41) is 0. The molecule has 0 aliphatic rings. The quantitative estimate of drug-likeness (QED) is 0.777. The van der Waals surface area contributed by atoms with Gasteiger partial charge in [0.05, 0.1) is 0 Å². The molecule has 3 heteroatoms. The van der Waals surface area contributed by atoms with Crippen LogP contribution in [0.3, 0.4) is 0 Å². The summed E-state index contributed by atoms with van der Waals surface area (Å²) in [6, 6.07) is 5.88. The van der Waals surface area contributed by atoms with Crippen molar-refractivity contribution in [2.45, 2.75) is 19.8 Å². The van der Waals surface area contributed by atoms with Gasteiger partial charge in [-0.25, -0.2) is 0 Å². The highest BCUT2D eigenvalue weighted by molar-refractivity contribution is 5.49. The Bertz CT molecular complexity index is 335. The smallest absolute Gasteiger partial charge is 0.124 e. The maximum Gasteiger partial charge on any atom is 0.124 e. The molecule has 0 heterocycles. The first kappa shape index (κ1) is 12.8. The van der Waals surface area contributed by atoms with Gasteiger partial charge in [0.15, 0.2) is 0 Å². The first-order valence-corrected chi connectivity index (χ1v) is 5.67. The average Bonchev–Trinajstić information content (AvgIpc) is 2.16. The zero-order chi connectivity index (χ0) is 12.1. The number of hydrogen-bond acceptors (Lipinski definition) is 3. The van der Waals surface area contributed by atoms with E-state index in [1.54, 1.807) is 0 Å². The minimum atomic E-state index is 0.454. The number of nitrogens with two attached hydrogens (primary N) is 1. The van der Waals surface area contributed by atoms with Crippen molar-refractivity contribution >= 4 is 5.69 Å². The van der Waals surface area contributed by atoms with Crippen LogP contribution in [0.5, 0.6) is 5.75 Å². The van der Waals surface area contributed by atoms with Crippen LogP contribution in [0.2, 0.25) is 0 Å². The molecule has 90 valence electrons. The summed E-state index contributed by atoms with van der Waals surface area (Å²) in [6.07, 6.45) is 0. The van der Waals surface area contributed by atoms with Crippen LogP contribution in [0.25, 0.3) is 0 Å². The van der Waals surface area contributed by atoms with Crippen molar-refractivity contribution in [1.82, 2.24) is 4.90 Å². The van der Waals surface area contributed by atoms with Gasteiger partial charge in [0.1, 0.15) is 12.4 Å². The summed E-state index contributed by atoms with van der Waals surface area (Å²) in [4.78, 5) is 2.10. The van der Waals surface area contributed by atoms with Gasteiger partial charge in [0.2, 0.25) is 0 Å². The molecule has 1 aromatic rings. The summed E-state index contributed by atoms with van der Waals surface area (Å²) in [5.41, 5.74) is 7.74. The number of nitrogens with zero attached hydrogens (tertiary/aromatic N) is 1. The Labute approximate surface area is 98.2 Å². The van der Waals surface area contributed by atoms with Crippen LogP contribution >= 0.6 is 0 Å². The van der Waals surface area contributed by atoms with Gasteiger partial charge >= 0.3 is 0 Å². The lowest BCUT2D eigenvalue weighted by molar-refractivity contribution is 0.259. The highest BCUT2D eigenvalue weighted by atomic mass is 16.5. The number of hydrogen-bond donors (Lipinski definition) is 1. The molecular formula is C13H22N2O. The van der Waals surface area contributed by atoms with Gasteiger partial charge in [0, 0.05) is 18.3 Å². The molecule has 0 bridgehead atoms. The Morgan fingerprint density at radius 1 is 1.31 bits per heavy atom. The monoisotopic (exact) mass is 222 g/mol. The van der Waals surface area contributed by atoms with E-state index in [-0.39, 0.29) is 0 Å². The molecule has 0 amide bonds. The van der Waals surface area contributed by atoms with Gasteiger partial charge in [-0.2, -0.15) is 0 Å². The normalized spacial score (nSPS) is 11.1. The maximum absolute atomic E-state index is 5.77. The maximum atomic E-state index is 5.77. The van der Waals surface area contributed by atoms with E-state index in [2.05, 4.69) is 18.7 Å². The first-order chi connectivity index (χ1) is 7.50. The van der Waals surface area contributed by atoms with Crippen molar-refractivity contribution in [2.24, 2.45) is 0 Å². The Kier molecular flexibility index (Phi) is 4.62. The van der Waals surface area contributed by atoms with Crippen molar-refractivity contribution in [3.05, 3.63) is 23.8 Å². The molecule has 0 saturated heterocycles. The fraction of sp³-hybridized carbons (Fsp3) is 0.538. The van der Waals surface area contributed by atoms with E-state index in [1.165, 1.54) is 5.56 Å². The molecule has 0 aliphatic heterocycles. The lowest BCUT2D eigenvalue weighted by Gasteiger charge is -2.16. The fourth-order valence-corrected chi connectivity index (χ4v) is 1.49. The summed E-state index contributed by atoms with van der Waals surface area (Å²) in [7, 11) is 4.07. The van der Waals surface area contributed by atoms with Crippen LogP contribution in [0.15, 0.2) is 18.2 Å². The van der Waals surface area contributed by atoms with E-state index in [9.17, 15) is 0 Å². The molecule has 0 radical (unpaired) electrons. The predicted molar refractivity (Wildman–Crippen MR) is 69.0 cm³/mol. The number of rotatable bonds is 5. The number of nitrogen functional groups attached to an aromatic ring is 1. The summed E-state index contributed by atoms with van der Waals surface area (Å²) in [6.45, 7) is 5.91. The van der Waals surface area contributed by atoms with Crippen molar-refractivity contribution in [2.75, 3.05) is 33.0 Å². The molecular weight excluding hydrogens is 200 g/mol. The number of likely N-dealkylation sites (N-methyl/N-ethyl adjacent to an activating group) is 1. The standard InChI is InChI=1S/C13H22N2O/c1-10(2)12-6-5-11(14)9-13(12)16-8-7-15(3)4/h5-6,9-10H,7-8,14H2,1-4H3. The number of benzene rings is 1. The minimum Gasteiger partial charge on any atom is -0.492 e. The Hall–Kier alpha value is -1.22.